The third-order valence-corrected chi connectivity index (χ3v) is 3.86. The van der Waals surface area contributed by atoms with Gasteiger partial charge in [-0.25, -0.2) is 9.97 Å². The molecule has 0 aromatic carbocycles. The van der Waals surface area contributed by atoms with Gasteiger partial charge in [0.1, 0.15) is 16.2 Å². The first-order valence-electron chi connectivity index (χ1n) is 5.93. The lowest BCUT2D eigenvalue weighted by atomic mass is 10.1. The fourth-order valence-corrected chi connectivity index (χ4v) is 2.14. The fraction of sp³-hybridized carbons (Fsp3) is 0.667. The summed E-state index contributed by atoms with van der Waals surface area (Å²) in [6.45, 7) is 3.35. The number of anilines is 1. The molecule has 2 aliphatic rings. The molecule has 4 heteroatoms. The quantitative estimate of drug-likeness (QED) is 0.861. The minimum atomic E-state index is 0.511. The third-order valence-electron chi connectivity index (χ3n) is 3.45. The number of hydrogen-bond donors (Lipinski definition) is 1. The van der Waals surface area contributed by atoms with E-state index < -0.39 is 0 Å². The van der Waals surface area contributed by atoms with Crippen molar-refractivity contribution in [2.75, 3.05) is 11.9 Å². The lowest BCUT2D eigenvalue weighted by Crippen LogP contribution is -2.13. The highest BCUT2D eigenvalue weighted by Crippen LogP contribution is 2.45. The van der Waals surface area contributed by atoms with Gasteiger partial charge in [-0.2, -0.15) is 0 Å². The van der Waals surface area contributed by atoms with E-state index in [0.29, 0.717) is 11.3 Å². The highest BCUT2D eigenvalue weighted by Gasteiger charge is 2.37. The van der Waals surface area contributed by atoms with Crippen molar-refractivity contribution in [2.45, 2.75) is 38.5 Å². The number of halogens is 1. The van der Waals surface area contributed by atoms with Crippen LogP contribution in [-0.2, 0) is 0 Å². The van der Waals surface area contributed by atoms with Crippen LogP contribution in [0.1, 0.15) is 44.3 Å². The number of rotatable bonds is 4. The molecule has 2 fully saturated rings. The molecule has 1 aromatic rings. The van der Waals surface area contributed by atoms with Crippen molar-refractivity contribution in [3.05, 3.63) is 16.5 Å². The molecule has 3 rings (SSSR count). The second kappa shape index (κ2) is 3.69. The van der Waals surface area contributed by atoms with Gasteiger partial charge in [-0.3, -0.25) is 0 Å². The Morgan fingerprint density at radius 2 is 2.19 bits per heavy atom. The van der Waals surface area contributed by atoms with Gasteiger partial charge >= 0.3 is 0 Å². The summed E-state index contributed by atoms with van der Waals surface area (Å²) in [5, 5.41) is 3.43. The van der Waals surface area contributed by atoms with E-state index in [4.69, 9.17) is 0 Å². The van der Waals surface area contributed by atoms with Crippen molar-refractivity contribution >= 4 is 21.7 Å². The predicted octanol–water partition coefficient (Wildman–Crippen LogP) is 3.33. The molecule has 0 bridgehead atoms. The van der Waals surface area contributed by atoms with Crippen LogP contribution in [-0.4, -0.2) is 16.5 Å². The van der Waals surface area contributed by atoms with Gasteiger partial charge in [0.05, 0.1) is 0 Å². The lowest BCUT2D eigenvalue weighted by Gasteiger charge is -2.11. The Bertz CT molecular complexity index is 411. The molecule has 0 unspecified atom stereocenters. The average Bonchev–Trinajstić information content (AvgIpc) is 3.10. The smallest absolute Gasteiger partial charge is 0.135 e. The van der Waals surface area contributed by atoms with E-state index in [1.165, 1.54) is 25.7 Å². The van der Waals surface area contributed by atoms with Crippen molar-refractivity contribution in [3.8, 4) is 0 Å². The van der Waals surface area contributed by atoms with Crippen molar-refractivity contribution in [1.29, 1.82) is 0 Å². The van der Waals surface area contributed by atoms with Gasteiger partial charge in [-0.1, -0.05) is 6.92 Å². The molecule has 0 spiro atoms. The standard InChI is InChI=1S/C12H16BrN3/c1-12(4-5-12)7-14-10-6-9(13)15-11(16-10)8-2-3-8/h6,8H,2-5,7H2,1H3,(H,14,15,16). The molecule has 0 amide bonds. The van der Waals surface area contributed by atoms with Gasteiger partial charge in [0, 0.05) is 18.5 Å². The van der Waals surface area contributed by atoms with E-state index in [-0.39, 0.29) is 0 Å². The summed E-state index contributed by atoms with van der Waals surface area (Å²) < 4.78 is 0.896. The molecule has 3 nitrogen and oxygen atoms in total. The molecule has 1 aromatic heterocycles. The summed E-state index contributed by atoms with van der Waals surface area (Å²) in [5.41, 5.74) is 0.511. The predicted molar refractivity (Wildman–Crippen MR) is 67.5 cm³/mol. The van der Waals surface area contributed by atoms with E-state index >= 15 is 0 Å². The molecule has 86 valence electrons. The van der Waals surface area contributed by atoms with Crippen molar-refractivity contribution in [1.82, 2.24) is 9.97 Å². The van der Waals surface area contributed by atoms with Crippen molar-refractivity contribution in [3.63, 3.8) is 0 Å². The van der Waals surface area contributed by atoms with Crippen LogP contribution in [0.4, 0.5) is 5.82 Å². The topological polar surface area (TPSA) is 37.8 Å². The Balaban J connectivity index is 1.72. The first-order valence-corrected chi connectivity index (χ1v) is 6.72. The zero-order valence-corrected chi connectivity index (χ0v) is 11.0. The summed E-state index contributed by atoms with van der Waals surface area (Å²) in [4.78, 5) is 9.00. The van der Waals surface area contributed by atoms with Crippen LogP contribution in [0.15, 0.2) is 10.7 Å². The van der Waals surface area contributed by atoms with Crippen molar-refractivity contribution < 1.29 is 0 Å². The second-order valence-electron chi connectivity index (χ2n) is 5.37. The average molecular weight is 282 g/mol. The molecular formula is C12H16BrN3. The maximum atomic E-state index is 4.57. The number of nitrogens with one attached hydrogen (secondary N) is 1. The number of aromatic nitrogens is 2. The van der Waals surface area contributed by atoms with Gasteiger partial charge in [0.2, 0.25) is 0 Å². The molecule has 2 saturated carbocycles. The van der Waals surface area contributed by atoms with E-state index in [1.807, 2.05) is 6.07 Å². The van der Waals surface area contributed by atoms with Crippen LogP contribution in [0.25, 0.3) is 0 Å². The minimum absolute atomic E-state index is 0.511. The molecule has 1 N–H and O–H groups in total. The van der Waals surface area contributed by atoms with Crippen LogP contribution in [0.5, 0.6) is 0 Å². The van der Waals surface area contributed by atoms with E-state index in [2.05, 4.69) is 38.1 Å². The van der Waals surface area contributed by atoms with Crippen LogP contribution < -0.4 is 5.32 Å². The van der Waals surface area contributed by atoms with Gasteiger partial charge in [0.15, 0.2) is 0 Å². The molecular weight excluding hydrogens is 266 g/mol. The zero-order valence-electron chi connectivity index (χ0n) is 9.46. The molecule has 1 heterocycles. The van der Waals surface area contributed by atoms with Crippen LogP contribution >= 0.6 is 15.9 Å². The van der Waals surface area contributed by atoms with E-state index in [1.54, 1.807) is 0 Å². The van der Waals surface area contributed by atoms with Crippen LogP contribution in [0.3, 0.4) is 0 Å². The normalized spacial score (nSPS) is 21.9. The first-order chi connectivity index (χ1) is 7.65. The molecule has 0 radical (unpaired) electrons. The molecule has 16 heavy (non-hydrogen) atoms. The maximum absolute atomic E-state index is 4.57. The molecule has 2 aliphatic carbocycles. The minimum Gasteiger partial charge on any atom is -0.369 e. The summed E-state index contributed by atoms with van der Waals surface area (Å²) in [7, 11) is 0. The van der Waals surface area contributed by atoms with E-state index in [0.717, 1.165) is 22.8 Å². The molecule has 0 saturated heterocycles. The van der Waals surface area contributed by atoms with Gasteiger partial charge in [0.25, 0.3) is 0 Å². The lowest BCUT2D eigenvalue weighted by molar-refractivity contribution is 0.609. The summed E-state index contributed by atoms with van der Waals surface area (Å²) in [6, 6.07) is 1.97. The second-order valence-corrected chi connectivity index (χ2v) is 6.19. The zero-order chi connectivity index (χ0) is 11.2. The Hall–Kier alpha value is -0.640. The first kappa shape index (κ1) is 10.5. The highest BCUT2D eigenvalue weighted by atomic mass is 79.9. The Kier molecular flexibility index (Phi) is 2.42. The van der Waals surface area contributed by atoms with E-state index in [9.17, 15) is 0 Å². The number of hydrogen-bond acceptors (Lipinski definition) is 3. The largest absolute Gasteiger partial charge is 0.369 e. The fourth-order valence-electron chi connectivity index (χ4n) is 1.74. The van der Waals surface area contributed by atoms with Gasteiger partial charge in [-0.05, 0) is 47.0 Å². The summed E-state index contributed by atoms with van der Waals surface area (Å²) >= 11 is 3.45. The van der Waals surface area contributed by atoms with Gasteiger partial charge in [-0.15, -0.1) is 0 Å². The van der Waals surface area contributed by atoms with Crippen LogP contribution in [0, 0.1) is 5.41 Å². The summed E-state index contributed by atoms with van der Waals surface area (Å²) in [5.74, 6) is 2.57. The Morgan fingerprint density at radius 1 is 1.44 bits per heavy atom. The Labute approximate surface area is 104 Å². The third kappa shape index (κ3) is 2.37. The molecule has 0 atom stereocenters. The summed E-state index contributed by atoms with van der Waals surface area (Å²) in [6.07, 6.45) is 5.16. The SMILES string of the molecule is CC1(CNc2cc(Br)nc(C3CC3)n2)CC1. The maximum Gasteiger partial charge on any atom is 0.135 e. The van der Waals surface area contributed by atoms with Gasteiger partial charge < -0.3 is 5.32 Å². The highest BCUT2D eigenvalue weighted by molar-refractivity contribution is 9.10. The molecule has 0 aliphatic heterocycles. The Morgan fingerprint density at radius 3 is 2.81 bits per heavy atom. The monoisotopic (exact) mass is 281 g/mol. The van der Waals surface area contributed by atoms with Crippen molar-refractivity contribution in [2.24, 2.45) is 5.41 Å². The number of nitrogens with zero attached hydrogens (tertiary/aromatic N) is 2. The van der Waals surface area contributed by atoms with Crippen LogP contribution in [0.2, 0.25) is 0 Å².